The van der Waals surface area contributed by atoms with Crippen molar-refractivity contribution in [2.75, 3.05) is 5.73 Å². The third-order valence-electron chi connectivity index (χ3n) is 3.35. The van der Waals surface area contributed by atoms with Crippen molar-refractivity contribution in [1.82, 2.24) is 9.97 Å². The number of nitrogens with zero attached hydrogens (tertiary/aromatic N) is 2. The third kappa shape index (κ3) is 2.82. The van der Waals surface area contributed by atoms with Gasteiger partial charge in [0.2, 0.25) is 0 Å². The molecule has 0 radical (unpaired) electrons. The molecule has 0 saturated heterocycles. The fourth-order valence-corrected chi connectivity index (χ4v) is 2.26. The molecular formula is C17H23N3. The molecule has 20 heavy (non-hydrogen) atoms. The fourth-order valence-electron chi connectivity index (χ4n) is 2.26. The van der Waals surface area contributed by atoms with Crippen LogP contribution in [0.2, 0.25) is 0 Å². The maximum atomic E-state index is 6.08. The second-order valence-electron chi connectivity index (χ2n) is 6.53. The van der Waals surface area contributed by atoms with E-state index < -0.39 is 0 Å². The molecule has 2 rings (SSSR count). The topological polar surface area (TPSA) is 51.8 Å². The molecule has 0 bridgehead atoms. The van der Waals surface area contributed by atoms with Crippen LogP contribution in [0, 0.1) is 20.8 Å². The summed E-state index contributed by atoms with van der Waals surface area (Å²) in [5.74, 6) is 1.36. The lowest BCUT2D eigenvalue weighted by Crippen LogP contribution is -2.18. The Morgan fingerprint density at radius 1 is 0.900 bits per heavy atom. The molecule has 2 N–H and O–H groups in total. The number of nitrogen functional groups attached to an aromatic ring is 1. The molecule has 0 aliphatic carbocycles. The lowest BCUT2D eigenvalue weighted by atomic mass is 9.94. The normalized spacial score (nSPS) is 11.7. The molecule has 0 unspecified atom stereocenters. The van der Waals surface area contributed by atoms with E-state index in [2.05, 4.69) is 57.8 Å². The maximum absolute atomic E-state index is 6.08. The Morgan fingerprint density at radius 3 is 1.95 bits per heavy atom. The van der Waals surface area contributed by atoms with Crippen LogP contribution in [0.3, 0.4) is 0 Å². The second-order valence-corrected chi connectivity index (χ2v) is 6.53. The second kappa shape index (κ2) is 4.89. The largest absolute Gasteiger partial charge is 0.383 e. The van der Waals surface area contributed by atoms with Crippen LogP contribution in [0.1, 0.15) is 43.3 Å². The van der Waals surface area contributed by atoms with Crippen LogP contribution in [-0.4, -0.2) is 9.97 Å². The highest BCUT2D eigenvalue weighted by Gasteiger charge is 2.21. The van der Waals surface area contributed by atoms with Crippen LogP contribution in [0.25, 0.3) is 11.3 Å². The summed E-state index contributed by atoms with van der Waals surface area (Å²) in [5, 5.41) is 0. The summed E-state index contributed by atoms with van der Waals surface area (Å²) in [7, 11) is 0. The lowest BCUT2D eigenvalue weighted by Gasteiger charge is -2.19. The monoisotopic (exact) mass is 269 g/mol. The van der Waals surface area contributed by atoms with Gasteiger partial charge in [0.1, 0.15) is 11.6 Å². The molecule has 0 fully saturated rings. The molecule has 1 heterocycles. The highest BCUT2D eigenvalue weighted by molar-refractivity contribution is 5.68. The van der Waals surface area contributed by atoms with Crippen LogP contribution >= 0.6 is 0 Å². The highest BCUT2D eigenvalue weighted by atomic mass is 15.0. The van der Waals surface area contributed by atoms with E-state index in [0.717, 1.165) is 22.6 Å². The Morgan fingerprint density at radius 2 is 1.45 bits per heavy atom. The van der Waals surface area contributed by atoms with Crippen molar-refractivity contribution < 1.29 is 0 Å². The van der Waals surface area contributed by atoms with E-state index in [-0.39, 0.29) is 5.41 Å². The van der Waals surface area contributed by atoms with E-state index in [1.54, 1.807) is 0 Å². The molecule has 0 aliphatic rings. The Labute approximate surface area is 121 Å². The molecule has 3 nitrogen and oxygen atoms in total. The summed E-state index contributed by atoms with van der Waals surface area (Å²) >= 11 is 0. The maximum Gasteiger partial charge on any atom is 0.136 e. The SMILES string of the molecule is Cc1cc(C)cc(-c2nc(C(C)(C)C)nc(N)c2C)c1. The molecule has 1 aromatic carbocycles. The number of hydrogen-bond acceptors (Lipinski definition) is 3. The number of benzene rings is 1. The molecule has 1 aromatic heterocycles. The van der Waals surface area contributed by atoms with Crippen LogP contribution in [0.5, 0.6) is 0 Å². The Balaban J connectivity index is 2.70. The van der Waals surface area contributed by atoms with Gasteiger partial charge in [0.25, 0.3) is 0 Å². The molecule has 0 atom stereocenters. The predicted molar refractivity (Wildman–Crippen MR) is 84.8 cm³/mol. The van der Waals surface area contributed by atoms with E-state index in [1.807, 2.05) is 6.92 Å². The quantitative estimate of drug-likeness (QED) is 0.852. The summed E-state index contributed by atoms with van der Waals surface area (Å²) in [4.78, 5) is 9.21. The minimum atomic E-state index is -0.116. The minimum Gasteiger partial charge on any atom is -0.383 e. The number of aryl methyl sites for hydroxylation is 2. The van der Waals surface area contributed by atoms with Gasteiger partial charge < -0.3 is 5.73 Å². The zero-order valence-corrected chi connectivity index (χ0v) is 13.2. The Bertz CT molecular complexity index is 632. The van der Waals surface area contributed by atoms with Gasteiger partial charge in [-0.05, 0) is 32.9 Å². The first-order chi connectivity index (χ1) is 9.18. The molecule has 2 aromatic rings. The van der Waals surface area contributed by atoms with Crippen molar-refractivity contribution >= 4 is 5.82 Å². The van der Waals surface area contributed by atoms with Crippen molar-refractivity contribution in [3.05, 3.63) is 40.7 Å². The molecule has 0 saturated carbocycles. The zero-order chi connectivity index (χ0) is 15.1. The van der Waals surface area contributed by atoms with Crippen molar-refractivity contribution in [2.45, 2.75) is 47.0 Å². The van der Waals surface area contributed by atoms with Gasteiger partial charge in [0.15, 0.2) is 0 Å². The molecule has 106 valence electrons. The molecule has 0 aliphatic heterocycles. The standard InChI is InChI=1S/C17H23N3/c1-10-7-11(2)9-13(8-10)14-12(3)15(18)20-16(19-14)17(4,5)6/h7-9H,1-6H3,(H2,18,19,20). The van der Waals surface area contributed by atoms with Gasteiger partial charge in [-0.3, -0.25) is 0 Å². The van der Waals surface area contributed by atoms with Crippen LogP contribution in [0.15, 0.2) is 18.2 Å². The van der Waals surface area contributed by atoms with Crippen molar-refractivity contribution in [1.29, 1.82) is 0 Å². The number of nitrogens with two attached hydrogens (primary N) is 1. The molecule has 0 spiro atoms. The predicted octanol–water partition coefficient (Wildman–Crippen LogP) is 3.95. The minimum absolute atomic E-state index is 0.116. The van der Waals surface area contributed by atoms with Gasteiger partial charge in [0, 0.05) is 16.5 Å². The summed E-state index contributed by atoms with van der Waals surface area (Å²) < 4.78 is 0. The first kappa shape index (κ1) is 14.5. The lowest BCUT2D eigenvalue weighted by molar-refractivity contribution is 0.546. The van der Waals surface area contributed by atoms with E-state index in [9.17, 15) is 0 Å². The summed E-state index contributed by atoms with van der Waals surface area (Å²) in [6, 6.07) is 6.45. The van der Waals surface area contributed by atoms with E-state index in [1.165, 1.54) is 11.1 Å². The van der Waals surface area contributed by atoms with E-state index in [4.69, 9.17) is 10.7 Å². The number of aromatic nitrogens is 2. The first-order valence-electron chi connectivity index (χ1n) is 6.92. The number of anilines is 1. The number of hydrogen-bond donors (Lipinski definition) is 1. The smallest absolute Gasteiger partial charge is 0.136 e. The van der Waals surface area contributed by atoms with Crippen LogP contribution < -0.4 is 5.73 Å². The van der Waals surface area contributed by atoms with Crippen LogP contribution in [-0.2, 0) is 5.41 Å². The van der Waals surface area contributed by atoms with Gasteiger partial charge in [-0.25, -0.2) is 9.97 Å². The summed E-state index contributed by atoms with van der Waals surface area (Å²) in [6.07, 6.45) is 0. The van der Waals surface area contributed by atoms with Crippen molar-refractivity contribution in [3.8, 4) is 11.3 Å². The van der Waals surface area contributed by atoms with Gasteiger partial charge in [-0.1, -0.05) is 38.0 Å². The molecule has 3 heteroatoms. The summed E-state index contributed by atoms with van der Waals surface area (Å²) in [5.41, 5.74) is 11.4. The average molecular weight is 269 g/mol. The zero-order valence-electron chi connectivity index (χ0n) is 13.2. The van der Waals surface area contributed by atoms with Crippen molar-refractivity contribution in [2.24, 2.45) is 0 Å². The highest BCUT2D eigenvalue weighted by Crippen LogP contribution is 2.29. The van der Waals surface area contributed by atoms with Gasteiger partial charge in [0.05, 0.1) is 5.69 Å². The Kier molecular flexibility index (Phi) is 3.55. The van der Waals surface area contributed by atoms with Gasteiger partial charge >= 0.3 is 0 Å². The molecular weight excluding hydrogens is 246 g/mol. The van der Waals surface area contributed by atoms with E-state index in [0.29, 0.717) is 5.82 Å². The van der Waals surface area contributed by atoms with Gasteiger partial charge in [-0.15, -0.1) is 0 Å². The molecule has 0 amide bonds. The fraction of sp³-hybridized carbons (Fsp3) is 0.412. The van der Waals surface area contributed by atoms with E-state index >= 15 is 0 Å². The van der Waals surface area contributed by atoms with Crippen molar-refractivity contribution in [3.63, 3.8) is 0 Å². The average Bonchev–Trinajstić information content (AvgIpc) is 2.29. The first-order valence-corrected chi connectivity index (χ1v) is 6.92. The van der Waals surface area contributed by atoms with Crippen LogP contribution in [0.4, 0.5) is 5.82 Å². The Hall–Kier alpha value is -1.90. The summed E-state index contributed by atoms with van der Waals surface area (Å²) in [6.45, 7) is 12.5. The van der Waals surface area contributed by atoms with Gasteiger partial charge in [-0.2, -0.15) is 0 Å². The third-order valence-corrected chi connectivity index (χ3v) is 3.35. The number of rotatable bonds is 1.